The molecule has 1 saturated heterocycles. The second-order valence-electron chi connectivity index (χ2n) is 4.34. The molecule has 1 fully saturated rings. The van der Waals surface area contributed by atoms with Crippen LogP contribution in [0.15, 0.2) is 18.2 Å². The van der Waals surface area contributed by atoms with E-state index in [2.05, 4.69) is 11.8 Å². The average Bonchev–Trinajstić information content (AvgIpc) is 2.54. The Morgan fingerprint density at radius 3 is 2.94 bits per heavy atom. The molecule has 1 aromatic carbocycles. The lowest BCUT2D eigenvalue weighted by molar-refractivity contribution is -0.384. The van der Waals surface area contributed by atoms with Gasteiger partial charge in [0, 0.05) is 30.5 Å². The number of hydrogen-bond donors (Lipinski definition) is 0. The summed E-state index contributed by atoms with van der Waals surface area (Å²) >= 11 is 8.11. The lowest BCUT2D eigenvalue weighted by Gasteiger charge is -2.29. The lowest BCUT2D eigenvalue weighted by atomic mass is 10.1. The molecule has 0 saturated carbocycles. The van der Waals surface area contributed by atoms with Crippen molar-refractivity contribution in [2.45, 2.75) is 19.4 Å². The van der Waals surface area contributed by atoms with Crippen LogP contribution >= 0.6 is 23.4 Å². The van der Waals surface area contributed by atoms with Crippen molar-refractivity contribution in [3.8, 4) is 0 Å². The fraction of sp³-hybridized carbons (Fsp3) is 0.500. The van der Waals surface area contributed by atoms with Gasteiger partial charge in [-0.1, -0.05) is 11.6 Å². The fourth-order valence-corrected chi connectivity index (χ4v) is 3.42. The molecule has 1 aliphatic heterocycles. The summed E-state index contributed by atoms with van der Waals surface area (Å²) in [5.74, 6) is 2.22. The van der Waals surface area contributed by atoms with Crippen molar-refractivity contribution in [3.05, 3.63) is 33.3 Å². The smallest absolute Gasteiger partial charge is 0.271 e. The third-order valence-electron chi connectivity index (χ3n) is 3.14. The summed E-state index contributed by atoms with van der Waals surface area (Å²) in [6.45, 7) is 3.10. The predicted molar refractivity (Wildman–Crippen MR) is 76.9 cm³/mol. The summed E-state index contributed by atoms with van der Waals surface area (Å²) in [5.41, 5.74) is 0.942. The van der Waals surface area contributed by atoms with Crippen molar-refractivity contribution >= 4 is 34.7 Å². The largest absolute Gasteiger partial charge is 0.367 e. The van der Waals surface area contributed by atoms with Crippen LogP contribution in [0.4, 0.5) is 11.4 Å². The van der Waals surface area contributed by atoms with Gasteiger partial charge in [-0.15, -0.1) is 0 Å². The van der Waals surface area contributed by atoms with Gasteiger partial charge in [-0.05, 0) is 25.2 Å². The third kappa shape index (κ3) is 2.90. The third-order valence-corrected chi connectivity index (χ3v) is 4.44. The molecule has 0 aliphatic carbocycles. The minimum Gasteiger partial charge on any atom is -0.367 e. The van der Waals surface area contributed by atoms with Crippen LogP contribution in [0.5, 0.6) is 0 Å². The zero-order valence-corrected chi connectivity index (χ0v) is 11.7. The summed E-state index contributed by atoms with van der Waals surface area (Å²) in [6.07, 6.45) is 1.11. The number of thioether (sulfide) groups is 1. The van der Waals surface area contributed by atoms with E-state index in [1.807, 2.05) is 11.8 Å². The molecule has 2 rings (SSSR count). The van der Waals surface area contributed by atoms with Crippen molar-refractivity contribution in [3.63, 3.8) is 0 Å². The molecule has 0 radical (unpaired) electrons. The van der Waals surface area contributed by atoms with E-state index in [1.165, 1.54) is 12.1 Å². The van der Waals surface area contributed by atoms with E-state index >= 15 is 0 Å². The second kappa shape index (κ2) is 5.80. The van der Waals surface area contributed by atoms with Crippen LogP contribution in [0.25, 0.3) is 0 Å². The Kier molecular flexibility index (Phi) is 4.35. The molecule has 1 aromatic rings. The number of nitro groups is 1. The van der Waals surface area contributed by atoms with Crippen LogP contribution in [0.3, 0.4) is 0 Å². The normalized spacial score (nSPS) is 20.6. The summed E-state index contributed by atoms with van der Waals surface area (Å²) < 4.78 is 0. The van der Waals surface area contributed by atoms with Crippen LogP contribution in [-0.4, -0.2) is 29.0 Å². The lowest BCUT2D eigenvalue weighted by Crippen LogP contribution is -2.33. The van der Waals surface area contributed by atoms with E-state index < -0.39 is 4.92 Å². The van der Waals surface area contributed by atoms with E-state index in [1.54, 1.807) is 6.07 Å². The first-order valence-electron chi connectivity index (χ1n) is 5.88. The summed E-state index contributed by atoms with van der Waals surface area (Å²) in [6, 6.07) is 5.12. The topological polar surface area (TPSA) is 46.4 Å². The molecule has 4 nitrogen and oxygen atoms in total. The standard InChI is InChI=1S/C12H15ClN2O2S/c1-9-4-6-18-7-5-14(9)12-3-2-10(15(16)17)8-11(12)13/h2-3,8-9H,4-7H2,1H3. The fourth-order valence-electron chi connectivity index (χ4n) is 2.10. The molecule has 1 heterocycles. The number of nitro benzene ring substituents is 1. The number of nitrogens with zero attached hydrogens (tertiary/aromatic N) is 2. The second-order valence-corrected chi connectivity index (χ2v) is 5.97. The Labute approximate surface area is 115 Å². The van der Waals surface area contributed by atoms with Gasteiger partial charge < -0.3 is 4.90 Å². The predicted octanol–water partition coefficient (Wildman–Crippen LogP) is 3.58. The van der Waals surface area contributed by atoms with E-state index in [9.17, 15) is 10.1 Å². The van der Waals surface area contributed by atoms with Crippen molar-refractivity contribution in [1.29, 1.82) is 0 Å². The van der Waals surface area contributed by atoms with Gasteiger partial charge in [0.25, 0.3) is 5.69 Å². The van der Waals surface area contributed by atoms with Gasteiger partial charge in [-0.2, -0.15) is 11.8 Å². The maximum absolute atomic E-state index is 10.7. The Balaban J connectivity index is 2.29. The van der Waals surface area contributed by atoms with Crippen LogP contribution in [0.1, 0.15) is 13.3 Å². The van der Waals surface area contributed by atoms with Crippen LogP contribution < -0.4 is 4.90 Å². The number of halogens is 1. The first-order chi connectivity index (χ1) is 8.59. The highest BCUT2D eigenvalue weighted by atomic mass is 35.5. The number of rotatable bonds is 2. The van der Waals surface area contributed by atoms with Gasteiger partial charge in [-0.3, -0.25) is 10.1 Å². The van der Waals surface area contributed by atoms with Crippen molar-refractivity contribution in [1.82, 2.24) is 0 Å². The molecule has 1 aliphatic rings. The average molecular weight is 287 g/mol. The Hall–Kier alpha value is -0.940. The van der Waals surface area contributed by atoms with Gasteiger partial charge in [-0.25, -0.2) is 0 Å². The van der Waals surface area contributed by atoms with E-state index in [0.29, 0.717) is 11.1 Å². The molecule has 1 unspecified atom stereocenters. The Bertz CT molecular complexity index is 456. The molecule has 0 bridgehead atoms. The molecule has 1 atom stereocenters. The summed E-state index contributed by atoms with van der Waals surface area (Å²) in [5, 5.41) is 11.2. The molecule has 0 spiro atoms. The van der Waals surface area contributed by atoms with Crippen LogP contribution in [-0.2, 0) is 0 Å². The van der Waals surface area contributed by atoms with E-state index in [-0.39, 0.29) is 5.69 Å². The first-order valence-corrected chi connectivity index (χ1v) is 7.41. The van der Waals surface area contributed by atoms with Crippen LogP contribution in [0, 0.1) is 10.1 Å². The quantitative estimate of drug-likeness (QED) is 0.616. The van der Waals surface area contributed by atoms with Gasteiger partial charge in [0.05, 0.1) is 15.6 Å². The number of non-ortho nitro benzene ring substituents is 1. The van der Waals surface area contributed by atoms with Crippen molar-refractivity contribution in [2.24, 2.45) is 0 Å². The number of hydrogen-bond acceptors (Lipinski definition) is 4. The zero-order chi connectivity index (χ0) is 13.1. The summed E-state index contributed by atoms with van der Waals surface area (Å²) in [7, 11) is 0. The molecular weight excluding hydrogens is 272 g/mol. The highest BCUT2D eigenvalue weighted by Gasteiger charge is 2.20. The Morgan fingerprint density at radius 1 is 1.50 bits per heavy atom. The number of benzene rings is 1. The minimum atomic E-state index is -0.419. The molecular formula is C12H15ClN2O2S. The molecule has 0 N–H and O–H groups in total. The van der Waals surface area contributed by atoms with Gasteiger partial charge in [0.1, 0.15) is 0 Å². The maximum atomic E-state index is 10.7. The first kappa shape index (κ1) is 13.5. The summed E-state index contributed by atoms with van der Waals surface area (Å²) in [4.78, 5) is 12.5. The van der Waals surface area contributed by atoms with Gasteiger partial charge >= 0.3 is 0 Å². The monoisotopic (exact) mass is 286 g/mol. The van der Waals surface area contributed by atoms with E-state index in [4.69, 9.17) is 11.6 Å². The minimum absolute atomic E-state index is 0.0422. The zero-order valence-electron chi connectivity index (χ0n) is 10.1. The van der Waals surface area contributed by atoms with E-state index in [0.717, 1.165) is 30.2 Å². The van der Waals surface area contributed by atoms with Crippen molar-refractivity contribution in [2.75, 3.05) is 23.0 Å². The highest BCUT2D eigenvalue weighted by molar-refractivity contribution is 7.99. The highest BCUT2D eigenvalue weighted by Crippen LogP contribution is 2.32. The SMILES string of the molecule is CC1CCSCCN1c1ccc([N+](=O)[O-])cc1Cl. The molecule has 6 heteroatoms. The molecule has 18 heavy (non-hydrogen) atoms. The van der Waals surface area contributed by atoms with Gasteiger partial charge in [0.2, 0.25) is 0 Å². The van der Waals surface area contributed by atoms with Crippen molar-refractivity contribution < 1.29 is 4.92 Å². The molecule has 0 amide bonds. The number of anilines is 1. The maximum Gasteiger partial charge on any atom is 0.271 e. The molecule has 0 aromatic heterocycles. The molecule has 98 valence electrons. The van der Waals surface area contributed by atoms with Gasteiger partial charge in [0.15, 0.2) is 0 Å². The Morgan fingerprint density at radius 2 is 2.28 bits per heavy atom. The van der Waals surface area contributed by atoms with Crippen LogP contribution in [0.2, 0.25) is 5.02 Å².